The van der Waals surface area contributed by atoms with Crippen LogP contribution in [0.2, 0.25) is 0 Å². The van der Waals surface area contributed by atoms with Crippen molar-refractivity contribution in [3.8, 4) is 0 Å². The number of benzene rings is 4. The van der Waals surface area contributed by atoms with E-state index in [0.717, 1.165) is 23.2 Å². The van der Waals surface area contributed by atoms with E-state index in [4.69, 9.17) is 9.84 Å². The Morgan fingerprint density at radius 2 is 1.56 bits per heavy atom. The van der Waals surface area contributed by atoms with Crippen molar-refractivity contribution in [2.75, 3.05) is 18.5 Å². The van der Waals surface area contributed by atoms with Crippen LogP contribution in [0.5, 0.6) is 0 Å². The van der Waals surface area contributed by atoms with Gasteiger partial charge in [0.2, 0.25) is 0 Å². The summed E-state index contributed by atoms with van der Waals surface area (Å²) in [4.78, 5) is 11.1. The van der Waals surface area contributed by atoms with Crippen LogP contribution in [0.25, 0.3) is 10.8 Å². The number of hydrogen-bond donors (Lipinski definition) is 4. The molecule has 0 heterocycles. The number of hydrogen-bond acceptors (Lipinski definition) is 5. The predicted molar refractivity (Wildman–Crippen MR) is 157 cm³/mol. The zero-order valence-corrected chi connectivity index (χ0v) is 22.9. The zero-order chi connectivity index (χ0) is 27.8. The lowest BCUT2D eigenvalue weighted by Crippen LogP contribution is -2.46. The van der Waals surface area contributed by atoms with Crippen LogP contribution in [-0.4, -0.2) is 41.0 Å². The van der Waals surface area contributed by atoms with Gasteiger partial charge in [0.15, 0.2) is 0 Å². The summed E-state index contributed by atoms with van der Waals surface area (Å²) in [6.07, 6.45) is -0.0144. The van der Waals surface area contributed by atoms with Gasteiger partial charge >= 0.3 is 5.97 Å². The van der Waals surface area contributed by atoms with Crippen LogP contribution in [0.1, 0.15) is 53.9 Å². The molecular weight excluding hydrogens is 488 g/mol. The second-order valence-corrected chi connectivity index (χ2v) is 10.7. The number of nitrogens with one attached hydrogen (secondary N) is 2. The number of carbonyl (C=O) groups is 1. The van der Waals surface area contributed by atoms with Crippen LogP contribution in [0.3, 0.4) is 0 Å². The summed E-state index contributed by atoms with van der Waals surface area (Å²) in [5.41, 5.74) is 4.26. The summed E-state index contributed by atoms with van der Waals surface area (Å²) in [5, 5.41) is 29.1. The van der Waals surface area contributed by atoms with Crippen LogP contribution < -0.4 is 10.6 Å². The van der Waals surface area contributed by atoms with Crippen LogP contribution in [-0.2, 0) is 17.7 Å². The molecule has 1 unspecified atom stereocenters. The highest BCUT2D eigenvalue weighted by Gasteiger charge is 2.20. The molecule has 0 spiro atoms. The Labute approximate surface area is 230 Å². The molecule has 0 saturated carbocycles. The maximum atomic E-state index is 11.1. The largest absolute Gasteiger partial charge is 0.478 e. The Morgan fingerprint density at radius 1 is 0.897 bits per heavy atom. The van der Waals surface area contributed by atoms with Crippen molar-refractivity contribution in [1.29, 1.82) is 0 Å². The Morgan fingerprint density at radius 3 is 2.31 bits per heavy atom. The minimum absolute atomic E-state index is 0.186. The lowest BCUT2D eigenvalue weighted by molar-refractivity contribution is -0.00393. The quantitative estimate of drug-likeness (QED) is 0.166. The van der Waals surface area contributed by atoms with Gasteiger partial charge in [0.1, 0.15) is 0 Å². The van der Waals surface area contributed by atoms with Crippen LogP contribution in [0.15, 0.2) is 91.0 Å². The average molecular weight is 527 g/mol. The molecule has 0 bridgehead atoms. The van der Waals surface area contributed by atoms with Crippen LogP contribution in [0.4, 0.5) is 5.69 Å². The van der Waals surface area contributed by atoms with Gasteiger partial charge in [0.25, 0.3) is 0 Å². The molecule has 6 nitrogen and oxygen atoms in total. The molecule has 0 radical (unpaired) electrons. The second-order valence-electron chi connectivity index (χ2n) is 10.7. The summed E-state index contributed by atoms with van der Waals surface area (Å²) in [5.74, 6) is -0.934. The molecule has 0 aromatic heterocycles. The van der Waals surface area contributed by atoms with Gasteiger partial charge in [-0.3, -0.25) is 0 Å². The lowest BCUT2D eigenvalue weighted by atomic mass is 9.93. The van der Waals surface area contributed by atoms with Crippen molar-refractivity contribution >= 4 is 22.4 Å². The molecule has 0 aliphatic carbocycles. The van der Waals surface area contributed by atoms with E-state index in [1.54, 1.807) is 12.1 Å². The minimum atomic E-state index is -0.934. The second kappa shape index (κ2) is 12.9. The normalized spacial score (nSPS) is 13.2. The number of ether oxygens (including phenoxy) is 1. The Kier molecular flexibility index (Phi) is 9.36. The van der Waals surface area contributed by atoms with Gasteiger partial charge in [-0.1, -0.05) is 72.8 Å². The standard InChI is InChI=1S/C33H38N2O4/c1-23(30-10-6-7-11-31(30)34-20-24-12-16-27(17-13-24)32(37)38)39-22-29(36)21-35-33(2,3)19-25-14-15-26-8-4-5-9-28(26)18-25/h4-18,23,29,34-36H,19-22H2,1-3H3,(H,37,38)/t23?,29-/m1/s1. The number of β-amino-alcohol motifs (C(OH)–C–C–N with tert-alkyl or cyclic N) is 1. The molecule has 2 atom stereocenters. The van der Waals surface area contributed by atoms with E-state index in [1.165, 1.54) is 16.3 Å². The van der Waals surface area contributed by atoms with E-state index in [1.807, 2.05) is 43.3 Å². The molecule has 4 N–H and O–H groups in total. The van der Waals surface area contributed by atoms with Crippen molar-refractivity contribution in [2.45, 2.75) is 51.5 Å². The van der Waals surface area contributed by atoms with Gasteiger partial charge in [0, 0.05) is 29.9 Å². The van der Waals surface area contributed by atoms with Gasteiger partial charge in [-0.2, -0.15) is 0 Å². The minimum Gasteiger partial charge on any atom is -0.478 e. The number of carboxylic acid groups (broad SMARTS) is 1. The first-order valence-electron chi connectivity index (χ1n) is 13.4. The molecule has 0 fully saturated rings. The highest BCUT2D eigenvalue weighted by molar-refractivity contribution is 5.87. The molecule has 4 aromatic rings. The van der Waals surface area contributed by atoms with E-state index >= 15 is 0 Å². The molecule has 204 valence electrons. The third-order valence-electron chi connectivity index (χ3n) is 6.90. The fourth-order valence-corrected chi connectivity index (χ4v) is 4.69. The number of aromatic carboxylic acids is 1. The summed E-state index contributed by atoms with van der Waals surface area (Å²) in [7, 11) is 0. The molecular formula is C33H38N2O4. The topological polar surface area (TPSA) is 90.8 Å². The first-order chi connectivity index (χ1) is 18.7. The van der Waals surface area contributed by atoms with Crippen molar-refractivity contribution in [1.82, 2.24) is 5.32 Å². The van der Waals surface area contributed by atoms with E-state index in [2.05, 4.69) is 66.9 Å². The number of fused-ring (bicyclic) bond motifs is 1. The van der Waals surface area contributed by atoms with Gasteiger partial charge in [-0.05, 0) is 67.3 Å². The van der Waals surface area contributed by atoms with Crippen molar-refractivity contribution in [3.05, 3.63) is 113 Å². The van der Waals surface area contributed by atoms with Gasteiger partial charge in [-0.25, -0.2) is 4.79 Å². The maximum absolute atomic E-state index is 11.1. The first kappa shape index (κ1) is 28.3. The van der Waals surface area contributed by atoms with Crippen LogP contribution in [0, 0.1) is 0 Å². The monoisotopic (exact) mass is 526 g/mol. The third kappa shape index (κ3) is 8.14. The van der Waals surface area contributed by atoms with Crippen molar-refractivity contribution in [3.63, 3.8) is 0 Å². The molecule has 4 rings (SSSR count). The lowest BCUT2D eigenvalue weighted by Gasteiger charge is -2.28. The Hall–Kier alpha value is -3.71. The highest BCUT2D eigenvalue weighted by Crippen LogP contribution is 2.26. The highest BCUT2D eigenvalue weighted by atomic mass is 16.5. The first-order valence-corrected chi connectivity index (χ1v) is 13.4. The maximum Gasteiger partial charge on any atom is 0.335 e. The van der Waals surface area contributed by atoms with E-state index in [0.29, 0.717) is 13.1 Å². The fourth-order valence-electron chi connectivity index (χ4n) is 4.69. The number of aliphatic hydroxyl groups excluding tert-OH is 1. The molecule has 0 aliphatic rings. The van der Waals surface area contributed by atoms with Gasteiger partial charge < -0.3 is 25.6 Å². The number of carboxylic acids is 1. The van der Waals surface area contributed by atoms with Crippen molar-refractivity contribution < 1.29 is 19.7 Å². The van der Waals surface area contributed by atoms with E-state index < -0.39 is 12.1 Å². The summed E-state index contributed by atoms with van der Waals surface area (Å²) in [6, 6.07) is 29.7. The van der Waals surface area contributed by atoms with Gasteiger partial charge in [-0.15, -0.1) is 0 Å². The molecule has 0 amide bonds. The van der Waals surface area contributed by atoms with Gasteiger partial charge in [0.05, 0.1) is 24.4 Å². The number of anilines is 1. The Bertz CT molecular complexity index is 1380. The summed E-state index contributed by atoms with van der Waals surface area (Å²) >= 11 is 0. The molecule has 6 heteroatoms. The molecule has 39 heavy (non-hydrogen) atoms. The molecule has 0 saturated heterocycles. The number of aliphatic hydroxyl groups is 1. The third-order valence-corrected chi connectivity index (χ3v) is 6.90. The SMILES string of the molecule is CC(OC[C@H](O)CNC(C)(C)Cc1ccc2ccccc2c1)c1ccccc1NCc1ccc(C(=O)O)cc1. The summed E-state index contributed by atoms with van der Waals surface area (Å²) in [6.45, 7) is 7.48. The summed E-state index contributed by atoms with van der Waals surface area (Å²) < 4.78 is 6.06. The number of para-hydroxylation sites is 1. The predicted octanol–water partition coefficient (Wildman–Crippen LogP) is 6.20. The average Bonchev–Trinajstić information content (AvgIpc) is 2.94. The van der Waals surface area contributed by atoms with Crippen LogP contribution >= 0.6 is 0 Å². The molecule has 4 aromatic carbocycles. The smallest absolute Gasteiger partial charge is 0.335 e. The van der Waals surface area contributed by atoms with Crippen molar-refractivity contribution in [2.24, 2.45) is 0 Å². The Balaban J connectivity index is 1.26. The zero-order valence-electron chi connectivity index (χ0n) is 22.9. The molecule has 0 aliphatic heterocycles. The van der Waals surface area contributed by atoms with E-state index in [9.17, 15) is 9.90 Å². The van der Waals surface area contributed by atoms with E-state index in [-0.39, 0.29) is 23.8 Å². The fraction of sp³-hybridized carbons (Fsp3) is 0.303. The number of rotatable bonds is 13.